The summed E-state index contributed by atoms with van der Waals surface area (Å²) in [6, 6.07) is 2.94. The van der Waals surface area contributed by atoms with Gasteiger partial charge in [-0.25, -0.2) is 0 Å². The van der Waals surface area contributed by atoms with Crippen LogP contribution in [0.1, 0.15) is 11.1 Å². The van der Waals surface area contributed by atoms with E-state index in [-0.39, 0.29) is 5.75 Å². The van der Waals surface area contributed by atoms with Gasteiger partial charge in [-0.1, -0.05) is 0 Å². The number of likely N-dealkylation sites (N-methyl/N-ethyl adjacent to an activating group) is 1. The fraction of sp³-hybridized carbons (Fsp3) is 0.455. The molecule has 3 nitrogen and oxygen atoms in total. The van der Waals surface area contributed by atoms with Gasteiger partial charge in [0.2, 0.25) is 0 Å². The third kappa shape index (κ3) is 2.82. The predicted molar refractivity (Wildman–Crippen MR) is 57.6 cm³/mol. The van der Waals surface area contributed by atoms with E-state index in [0.29, 0.717) is 30.8 Å². The Labute approximate surface area is 97.0 Å². The highest BCUT2D eigenvalue weighted by molar-refractivity contribution is 5.54. The number of halogens is 3. The molecule has 0 bridgehead atoms. The first kappa shape index (κ1) is 12.0. The zero-order chi connectivity index (χ0) is 12.6. The van der Waals surface area contributed by atoms with Gasteiger partial charge >= 0.3 is 6.36 Å². The molecule has 0 saturated carbocycles. The Morgan fingerprint density at radius 2 is 2.06 bits per heavy atom. The molecule has 1 heterocycles. The molecule has 2 N–H and O–H groups in total. The number of ether oxygens (including phenoxy) is 1. The van der Waals surface area contributed by atoms with Crippen LogP contribution in [0.3, 0.4) is 0 Å². The molecule has 2 rings (SSSR count). The van der Waals surface area contributed by atoms with Gasteiger partial charge in [0.1, 0.15) is 5.75 Å². The Morgan fingerprint density at radius 3 is 2.71 bits per heavy atom. The Kier molecular flexibility index (Phi) is 2.91. The summed E-state index contributed by atoms with van der Waals surface area (Å²) < 4.78 is 40.8. The van der Waals surface area contributed by atoms with Crippen molar-refractivity contribution < 1.29 is 17.9 Å². The molecule has 1 aromatic carbocycles. The van der Waals surface area contributed by atoms with Gasteiger partial charge in [-0.15, -0.1) is 13.2 Å². The molecular weight excluding hydrogens is 233 g/mol. The van der Waals surface area contributed by atoms with Crippen LogP contribution >= 0.6 is 0 Å². The number of anilines is 1. The molecule has 0 fully saturated rings. The van der Waals surface area contributed by atoms with Crippen molar-refractivity contribution in [3.63, 3.8) is 0 Å². The molecule has 17 heavy (non-hydrogen) atoms. The van der Waals surface area contributed by atoms with E-state index in [4.69, 9.17) is 5.73 Å². The number of nitrogens with zero attached hydrogens (tertiary/aromatic N) is 1. The summed E-state index contributed by atoms with van der Waals surface area (Å²) in [5, 5.41) is 0. The normalized spacial score (nSPS) is 16.7. The third-order valence-electron chi connectivity index (χ3n) is 2.73. The van der Waals surface area contributed by atoms with E-state index in [2.05, 4.69) is 4.74 Å². The monoisotopic (exact) mass is 246 g/mol. The molecule has 94 valence electrons. The van der Waals surface area contributed by atoms with Crippen molar-refractivity contribution in [1.29, 1.82) is 0 Å². The van der Waals surface area contributed by atoms with E-state index in [1.807, 2.05) is 11.9 Å². The quantitative estimate of drug-likeness (QED) is 0.772. The second-order valence-corrected chi connectivity index (χ2v) is 4.19. The molecule has 0 radical (unpaired) electrons. The summed E-state index contributed by atoms with van der Waals surface area (Å²) in [6.45, 7) is 1.31. The number of nitrogen functional groups attached to an aromatic ring is 1. The van der Waals surface area contributed by atoms with Crippen LogP contribution < -0.4 is 10.5 Å². The molecule has 0 aliphatic carbocycles. The zero-order valence-corrected chi connectivity index (χ0v) is 9.34. The molecule has 0 spiro atoms. The Balaban J connectivity index is 2.39. The maximum absolute atomic E-state index is 12.2. The van der Waals surface area contributed by atoms with Crippen molar-refractivity contribution in [2.24, 2.45) is 0 Å². The standard InChI is InChI=1S/C11H13F3N2O/c1-16-3-2-9-7(6-16)4-8(15)5-10(9)17-11(12,13)14/h4-5H,2-3,6,15H2,1H3. The minimum atomic E-state index is -4.68. The van der Waals surface area contributed by atoms with Gasteiger partial charge in [0, 0.05) is 30.4 Å². The Hall–Kier alpha value is -1.43. The summed E-state index contributed by atoms with van der Waals surface area (Å²) in [4.78, 5) is 2.03. The number of nitrogens with two attached hydrogens (primary N) is 1. The molecule has 1 aromatic rings. The molecular formula is C11H13F3N2O. The molecule has 1 aliphatic rings. The van der Waals surface area contributed by atoms with E-state index in [9.17, 15) is 13.2 Å². The summed E-state index contributed by atoms with van der Waals surface area (Å²) in [6.07, 6.45) is -4.14. The van der Waals surface area contributed by atoms with Gasteiger partial charge in [-0.3, -0.25) is 0 Å². The number of rotatable bonds is 1. The highest BCUT2D eigenvalue weighted by Gasteiger charge is 2.33. The van der Waals surface area contributed by atoms with Crippen LogP contribution in [0.4, 0.5) is 18.9 Å². The summed E-state index contributed by atoms with van der Waals surface area (Å²) >= 11 is 0. The van der Waals surface area contributed by atoms with Crippen molar-refractivity contribution in [2.75, 3.05) is 19.3 Å². The summed E-state index contributed by atoms with van der Waals surface area (Å²) in [7, 11) is 1.91. The van der Waals surface area contributed by atoms with Crippen LogP contribution in [-0.4, -0.2) is 24.9 Å². The second-order valence-electron chi connectivity index (χ2n) is 4.19. The van der Waals surface area contributed by atoms with E-state index < -0.39 is 6.36 Å². The van der Waals surface area contributed by atoms with Crippen molar-refractivity contribution in [3.8, 4) is 5.75 Å². The van der Waals surface area contributed by atoms with Gasteiger partial charge in [0.05, 0.1) is 0 Å². The molecule has 0 saturated heterocycles. The maximum atomic E-state index is 12.2. The van der Waals surface area contributed by atoms with E-state index in [1.165, 1.54) is 6.07 Å². The molecule has 1 aliphatic heterocycles. The van der Waals surface area contributed by atoms with E-state index in [1.54, 1.807) is 6.07 Å². The van der Waals surface area contributed by atoms with E-state index in [0.717, 1.165) is 5.56 Å². The number of benzene rings is 1. The smallest absolute Gasteiger partial charge is 0.405 e. The number of alkyl halides is 3. The highest BCUT2D eigenvalue weighted by Crippen LogP contribution is 2.33. The largest absolute Gasteiger partial charge is 0.573 e. The first-order valence-electron chi connectivity index (χ1n) is 5.21. The lowest BCUT2D eigenvalue weighted by Crippen LogP contribution is -2.28. The first-order valence-corrected chi connectivity index (χ1v) is 5.21. The molecule has 0 atom stereocenters. The second kappa shape index (κ2) is 4.10. The molecule has 0 amide bonds. The molecule has 0 aromatic heterocycles. The van der Waals surface area contributed by atoms with Crippen LogP contribution in [-0.2, 0) is 13.0 Å². The van der Waals surface area contributed by atoms with Crippen LogP contribution in [0, 0.1) is 0 Å². The summed E-state index contributed by atoms with van der Waals surface area (Å²) in [5.41, 5.74) is 7.28. The van der Waals surface area contributed by atoms with Crippen molar-refractivity contribution in [3.05, 3.63) is 23.3 Å². The first-order chi connectivity index (χ1) is 7.85. The van der Waals surface area contributed by atoms with Crippen LogP contribution in [0.25, 0.3) is 0 Å². The van der Waals surface area contributed by atoms with E-state index >= 15 is 0 Å². The minimum absolute atomic E-state index is 0.166. The van der Waals surface area contributed by atoms with Gasteiger partial charge in [-0.2, -0.15) is 0 Å². The predicted octanol–water partition coefficient (Wildman–Crippen LogP) is 2.16. The zero-order valence-electron chi connectivity index (χ0n) is 9.34. The third-order valence-corrected chi connectivity index (χ3v) is 2.73. The summed E-state index contributed by atoms with van der Waals surface area (Å²) in [5.74, 6) is -0.166. The minimum Gasteiger partial charge on any atom is -0.405 e. The number of fused-ring (bicyclic) bond motifs is 1. The topological polar surface area (TPSA) is 38.5 Å². The Bertz CT molecular complexity index is 431. The lowest BCUT2D eigenvalue weighted by atomic mass is 9.98. The molecule has 0 unspecified atom stereocenters. The number of hydrogen-bond acceptors (Lipinski definition) is 3. The number of hydrogen-bond donors (Lipinski definition) is 1. The van der Waals surface area contributed by atoms with Crippen molar-refractivity contribution >= 4 is 5.69 Å². The van der Waals surface area contributed by atoms with Crippen LogP contribution in [0.5, 0.6) is 5.75 Å². The lowest BCUT2D eigenvalue weighted by Gasteiger charge is -2.27. The Morgan fingerprint density at radius 1 is 1.35 bits per heavy atom. The van der Waals surface area contributed by atoms with Gasteiger partial charge < -0.3 is 15.4 Å². The maximum Gasteiger partial charge on any atom is 0.573 e. The van der Waals surface area contributed by atoms with Crippen LogP contribution in [0.2, 0.25) is 0 Å². The van der Waals surface area contributed by atoms with Gasteiger partial charge in [0.25, 0.3) is 0 Å². The van der Waals surface area contributed by atoms with Crippen LogP contribution in [0.15, 0.2) is 12.1 Å². The lowest BCUT2D eigenvalue weighted by molar-refractivity contribution is -0.274. The van der Waals surface area contributed by atoms with Gasteiger partial charge in [-0.05, 0) is 25.1 Å². The van der Waals surface area contributed by atoms with Crippen molar-refractivity contribution in [2.45, 2.75) is 19.3 Å². The average Bonchev–Trinajstić information content (AvgIpc) is 2.13. The average molecular weight is 246 g/mol. The van der Waals surface area contributed by atoms with Crippen molar-refractivity contribution in [1.82, 2.24) is 4.90 Å². The SMILES string of the molecule is CN1CCc2c(cc(N)cc2OC(F)(F)F)C1. The highest BCUT2D eigenvalue weighted by atomic mass is 19.4. The molecule has 6 heteroatoms. The van der Waals surface area contributed by atoms with Gasteiger partial charge in [0.15, 0.2) is 0 Å². The fourth-order valence-electron chi connectivity index (χ4n) is 2.04. The fourth-order valence-corrected chi connectivity index (χ4v) is 2.04.